The highest BCUT2D eigenvalue weighted by atomic mass is 79.9. The van der Waals surface area contributed by atoms with Gasteiger partial charge in [0.2, 0.25) is 0 Å². The van der Waals surface area contributed by atoms with Crippen LogP contribution in [0.2, 0.25) is 0 Å². The van der Waals surface area contributed by atoms with Crippen molar-refractivity contribution in [2.75, 3.05) is 0 Å². The Morgan fingerprint density at radius 2 is 1.87 bits per heavy atom. The highest BCUT2D eigenvalue weighted by molar-refractivity contribution is 9.09. The SMILES string of the molecule is O=C[C@@H](Br)c1ccc(OCc2csc(-c3ccccc3)n2)cc1. The molecule has 0 saturated carbocycles. The van der Waals surface area contributed by atoms with Crippen LogP contribution in [-0.2, 0) is 11.4 Å². The van der Waals surface area contributed by atoms with Crippen LogP contribution in [-0.4, -0.2) is 11.3 Å². The first-order valence-corrected chi connectivity index (χ1v) is 8.88. The van der Waals surface area contributed by atoms with Crippen LogP contribution in [0.15, 0.2) is 60.0 Å². The Hall–Kier alpha value is -1.98. The second-order valence-electron chi connectivity index (χ2n) is 4.91. The van der Waals surface area contributed by atoms with E-state index in [4.69, 9.17) is 4.74 Å². The van der Waals surface area contributed by atoms with E-state index in [0.29, 0.717) is 6.61 Å². The van der Waals surface area contributed by atoms with Crippen LogP contribution in [0, 0.1) is 0 Å². The molecule has 23 heavy (non-hydrogen) atoms. The summed E-state index contributed by atoms with van der Waals surface area (Å²) in [4.78, 5) is 15.1. The van der Waals surface area contributed by atoms with E-state index in [1.807, 2.05) is 60.0 Å². The molecule has 1 heterocycles. The van der Waals surface area contributed by atoms with E-state index in [-0.39, 0.29) is 4.83 Å². The van der Waals surface area contributed by atoms with Gasteiger partial charge in [-0.05, 0) is 17.7 Å². The zero-order valence-electron chi connectivity index (χ0n) is 12.2. The standard InChI is InChI=1S/C18H14BrNO2S/c19-17(10-21)13-6-8-16(9-7-13)22-11-15-12-23-18(20-15)14-4-2-1-3-5-14/h1-10,12,17H,11H2/t17-/m1/s1. The Labute approximate surface area is 147 Å². The molecule has 1 atom stereocenters. The van der Waals surface area contributed by atoms with E-state index in [9.17, 15) is 4.79 Å². The molecule has 0 bridgehead atoms. The van der Waals surface area contributed by atoms with Crippen LogP contribution in [0.25, 0.3) is 10.6 Å². The third-order valence-electron chi connectivity index (χ3n) is 3.28. The van der Waals surface area contributed by atoms with Crippen LogP contribution in [0.5, 0.6) is 5.75 Å². The molecular formula is C18H14BrNO2S. The molecule has 5 heteroatoms. The van der Waals surface area contributed by atoms with Gasteiger partial charge in [-0.15, -0.1) is 11.3 Å². The lowest BCUT2D eigenvalue weighted by Crippen LogP contribution is -1.96. The smallest absolute Gasteiger partial charge is 0.138 e. The number of aldehydes is 1. The molecule has 116 valence electrons. The molecule has 0 fully saturated rings. The van der Waals surface area contributed by atoms with Crippen molar-refractivity contribution in [2.24, 2.45) is 0 Å². The summed E-state index contributed by atoms with van der Waals surface area (Å²) in [6, 6.07) is 17.6. The summed E-state index contributed by atoms with van der Waals surface area (Å²) in [5.74, 6) is 0.758. The summed E-state index contributed by atoms with van der Waals surface area (Å²) in [6.45, 7) is 0.425. The Kier molecular flexibility index (Phi) is 5.20. The molecule has 0 aliphatic rings. The van der Waals surface area contributed by atoms with E-state index < -0.39 is 0 Å². The fourth-order valence-electron chi connectivity index (χ4n) is 2.07. The van der Waals surface area contributed by atoms with Crippen molar-refractivity contribution in [1.29, 1.82) is 0 Å². The number of carbonyl (C=O) groups is 1. The van der Waals surface area contributed by atoms with E-state index in [1.165, 1.54) is 0 Å². The highest BCUT2D eigenvalue weighted by Gasteiger charge is 2.07. The van der Waals surface area contributed by atoms with Crippen molar-refractivity contribution in [3.63, 3.8) is 0 Å². The molecule has 3 nitrogen and oxygen atoms in total. The van der Waals surface area contributed by atoms with Gasteiger partial charge in [-0.2, -0.15) is 0 Å². The maximum atomic E-state index is 10.7. The molecule has 0 spiro atoms. The zero-order valence-corrected chi connectivity index (χ0v) is 14.6. The quantitative estimate of drug-likeness (QED) is 0.440. The molecule has 0 N–H and O–H groups in total. The van der Waals surface area contributed by atoms with Gasteiger partial charge in [0.1, 0.15) is 23.7 Å². The van der Waals surface area contributed by atoms with Gasteiger partial charge in [0.15, 0.2) is 0 Å². The number of benzene rings is 2. The van der Waals surface area contributed by atoms with Crippen molar-refractivity contribution in [3.8, 4) is 16.3 Å². The summed E-state index contributed by atoms with van der Waals surface area (Å²) in [5, 5.41) is 3.00. The molecule has 0 radical (unpaired) electrons. The van der Waals surface area contributed by atoms with Gasteiger partial charge in [-0.25, -0.2) is 4.98 Å². The summed E-state index contributed by atoms with van der Waals surface area (Å²) in [7, 11) is 0. The van der Waals surface area contributed by atoms with Gasteiger partial charge in [0, 0.05) is 10.9 Å². The number of thiazole rings is 1. The minimum Gasteiger partial charge on any atom is -0.487 e. The fraction of sp³-hybridized carbons (Fsp3) is 0.111. The number of halogens is 1. The van der Waals surface area contributed by atoms with Crippen molar-refractivity contribution in [3.05, 3.63) is 71.2 Å². The van der Waals surface area contributed by atoms with Gasteiger partial charge in [-0.3, -0.25) is 0 Å². The minimum atomic E-state index is -0.275. The van der Waals surface area contributed by atoms with Crippen molar-refractivity contribution in [2.45, 2.75) is 11.4 Å². The number of aromatic nitrogens is 1. The van der Waals surface area contributed by atoms with Gasteiger partial charge in [-0.1, -0.05) is 58.4 Å². The van der Waals surface area contributed by atoms with Crippen LogP contribution < -0.4 is 4.74 Å². The fourth-order valence-corrected chi connectivity index (χ4v) is 3.19. The third-order valence-corrected chi connectivity index (χ3v) is 4.96. The van der Waals surface area contributed by atoms with E-state index in [0.717, 1.165) is 33.9 Å². The van der Waals surface area contributed by atoms with E-state index in [1.54, 1.807) is 11.3 Å². The Morgan fingerprint density at radius 1 is 1.13 bits per heavy atom. The molecule has 0 aliphatic heterocycles. The zero-order chi connectivity index (χ0) is 16.1. The molecular weight excluding hydrogens is 374 g/mol. The first-order valence-electron chi connectivity index (χ1n) is 7.08. The normalized spacial score (nSPS) is 11.9. The molecule has 3 rings (SSSR count). The summed E-state index contributed by atoms with van der Waals surface area (Å²) in [6.07, 6.45) is 0.857. The molecule has 0 saturated heterocycles. The lowest BCUT2D eigenvalue weighted by Gasteiger charge is -2.06. The predicted octanol–water partition coefficient (Wildman–Crippen LogP) is 5.02. The first-order chi connectivity index (χ1) is 11.3. The molecule has 0 amide bonds. The van der Waals surface area contributed by atoms with Crippen molar-refractivity contribution < 1.29 is 9.53 Å². The summed E-state index contributed by atoms with van der Waals surface area (Å²) < 4.78 is 5.75. The lowest BCUT2D eigenvalue weighted by atomic mass is 10.2. The van der Waals surface area contributed by atoms with E-state index in [2.05, 4.69) is 20.9 Å². The summed E-state index contributed by atoms with van der Waals surface area (Å²) in [5.41, 5.74) is 2.93. The maximum absolute atomic E-state index is 10.7. The van der Waals surface area contributed by atoms with Crippen LogP contribution in [0.1, 0.15) is 16.1 Å². The van der Waals surface area contributed by atoms with Crippen LogP contribution in [0.3, 0.4) is 0 Å². The van der Waals surface area contributed by atoms with Crippen LogP contribution >= 0.6 is 27.3 Å². The largest absolute Gasteiger partial charge is 0.487 e. The number of hydrogen-bond acceptors (Lipinski definition) is 4. The number of nitrogens with zero attached hydrogens (tertiary/aromatic N) is 1. The molecule has 0 aliphatic carbocycles. The third kappa shape index (κ3) is 4.06. The second-order valence-corrected chi connectivity index (χ2v) is 6.75. The van der Waals surface area contributed by atoms with Crippen molar-refractivity contribution >= 4 is 33.6 Å². The number of alkyl halides is 1. The Bertz CT molecular complexity index is 771. The summed E-state index contributed by atoms with van der Waals surface area (Å²) >= 11 is 4.90. The van der Waals surface area contributed by atoms with Crippen molar-refractivity contribution in [1.82, 2.24) is 4.98 Å². The van der Waals surface area contributed by atoms with Gasteiger partial charge in [0.05, 0.1) is 10.5 Å². The average molecular weight is 388 g/mol. The number of rotatable bonds is 6. The average Bonchev–Trinajstić information content (AvgIpc) is 3.09. The van der Waals surface area contributed by atoms with Gasteiger partial charge in [0.25, 0.3) is 0 Å². The van der Waals surface area contributed by atoms with Crippen LogP contribution in [0.4, 0.5) is 0 Å². The Balaban J connectivity index is 1.63. The minimum absolute atomic E-state index is 0.275. The monoisotopic (exact) mass is 387 g/mol. The number of carbonyl (C=O) groups excluding carboxylic acids is 1. The second kappa shape index (κ2) is 7.53. The number of hydrogen-bond donors (Lipinski definition) is 0. The highest BCUT2D eigenvalue weighted by Crippen LogP contribution is 2.25. The molecule has 3 aromatic rings. The topological polar surface area (TPSA) is 39.2 Å². The molecule has 1 aromatic heterocycles. The predicted molar refractivity (Wildman–Crippen MR) is 96.1 cm³/mol. The Morgan fingerprint density at radius 3 is 2.57 bits per heavy atom. The maximum Gasteiger partial charge on any atom is 0.138 e. The molecule has 2 aromatic carbocycles. The lowest BCUT2D eigenvalue weighted by molar-refractivity contribution is -0.107. The van der Waals surface area contributed by atoms with Gasteiger partial charge < -0.3 is 9.53 Å². The molecule has 0 unspecified atom stereocenters. The van der Waals surface area contributed by atoms with E-state index >= 15 is 0 Å². The first kappa shape index (κ1) is 15.9. The number of ether oxygens (including phenoxy) is 1. The van der Waals surface area contributed by atoms with Gasteiger partial charge >= 0.3 is 0 Å².